The molecule has 0 radical (unpaired) electrons. The maximum atomic E-state index is 11.9. The van der Waals surface area contributed by atoms with Gasteiger partial charge in [-0.05, 0) is 66.8 Å². The summed E-state index contributed by atoms with van der Waals surface area (Å²) in [5.41, 5.74) is 6.69. The molecule has 0 N–H and O–H groups in total. The zero-order valence-electron chi connectivity index (χ0n) is 18.2. The Labute approximate surface area is 184 Å². The Morgan fingerprint density at radius 3 is 2.42 bits per heavy atom. The third-order valence-electron chi connectivity index (χ3n) is 6.13. The van der Waals surface area contributed by atoms with Gasteiger partial charge in [0.05, 0.1) is 13.2 Å². The van der Waals surface area contributed by atoms with E-state index in [9.17, 15) is 4.91 Å². The molecule has 1 aliphatic heterocycles. The molecule has 0 amide bonds. The molecule has 3 aromatic rings. The van der Waals surface area contributed by atoms with Gasteiger partial charge in [-0.3, -0.25) is 4.98 Å². The van der Waals surface area contributed by atoms with Crippen molar-refractivity contribution in [2.75, 3.05) is 31.2 Å². The van der Waals surface area contributed by atoms with Crippen molar-refractivity contribution < 1.29 is 4.74 Å². The van der Waals surface area contributed by atoms with E-state index in [1.807, 2.05) is 19.1 Å². The van der Waals surface area contributed by atoms with Gasteiger partial charge in [0.1, 0.15) is 6.04 Å². The van der Waals surface area contributed by atoms with Gasteiger partial charge >= 0.3 is 0 Å². The van der Waals surface area contributed by atoms with Crippen molar-refractivity contribution in [1.82, 2.24) is 4.98 Å². The van der Waals surface area contributed by atoms with Gasteiger partial charge in [0.15, 0.2) is 0 Å². The fraction of sp³-hybridized carbons (Fsp3) is 0.346. The molecule has 0 saturated carbocycles. The van der Waals surface area contributed by atoms with Gasteiger partial charge in [0, 0.05) is 36.6 Å². The molecule has 160 valence electrons. The summed E-state index contributed by atoms with van der Waals surface area (Å²) in [6, 6.07) is 20.6. The van der Waals surface area contributed by atoms with Crippen LogP contribution in [-0.2, 0) is 4.74 Å². The van der Waals surface area contributed by atoms with Gasteiger partial charge in [0.25, 0.3) is 0 Å². The van der Waals surface area contributed by atoms with Gasteiger partial charge in [-0.2, -0.15) is 4.91 Å². The minimum Gasteiger partial charge on any atom is -0.378 e. The monoisotopic (exact) mass is 415 g/mol. The van der Waals surface area contributed by atoms with Crippen LogP contribution in [0, 0.1) is 18.8 Å². The highest BCUT2D eigenvalue weighted by atomic mass is 16.5. The normalized spacial score (nSPS) is 16.0. The fourth-order valence-corrected chi connectivity index (χ4v) is 4.40. The van der Waals surface area contributed by atoms with Crippen LogP contribution in [0.5, 0.6) is 0 Å². The first-order valence-corrected chi connectivity index (χ1v) is 10.9. The predicted molar refractivity (Wildman–Crippen MR) is 125 cm³/mol. The Balaban J connectivity index is 1.66. The topological polar surface area (TPSA) is 54.8 Å². The molecule has 0 bridgehead atoms. The molecule has 5 nitrogen and oxygen atoms in total. The number of anilines is 1. The van der Waals surface area contributed by atoms with Crippen LogP contribution < -0.4 is 4.90 Å². The van der Waals surface area contributed by atoms with Crippen molar-refractivity contribution >= 4 is 5.69 Å². The Bertz CT molecular complexity index is 1010. The van der Waals surface area contributed by atoms with E-state index in [1.165, 1.54) is 22.4 Å². The van der Waals surface area contributed by atoms with Crippen molar-refractivity contribution in [1.29, 1.82) is 0 Å². The number of hydrogen-bond acceptors (Lipinski definition) is 5. The molecular weight excluding hydrogens is 386 g/mol. The Morgan fingerprint density at radius 1 is 1.00 bits per heavy atom. The summed E-state index contributed by atoms with van der Waals surface area (Å²) >= 11 is 0. The Kier molecular flexibility index (Phi) is 6.73. The number of hydrogen-bond donors (Lipinski definition) is 0. The Morgan fingerprint density at radius 2 is 1.74 bits per heavy atom. The minimum atomic E-state index is -0.426. The van der Waals surface area contributed by atoms with Crippen LogP contribution >= 0.6 is 0 Å². The zero-order chi connectivity index (χ0) is 21.6. The lowest BCUT2D eigenvalue weighted by Crippen LogP contribution is -2.36. The van der Waals surface area contributed by atoms with Crippen LogP contribution in [0.4, 0.5) is 5.69 Å². The SMILES string of the molecule is Cc1cc(C(CC(c2ccc(N3CCOCC3)cc2)c2ccccc2C)N=O)ccn1. The number of aryl methyl sites for hydroxylation is 2. The summed E-state index contributed by atoms with van der Waals surface area (Å²) < 4.78 is 5.47. The van der Waals surface area contributed by atoms with E-state index < -0.39 is 6.04 Å². The number of aromatic nitrogens is 1. The van der Waals surface area contributed by atoms with Crippen LogP contribution in [0.1, 0.15) is 46.3 Å². The maximum Gasteiger partial charge on any atom is 0.118 e. The third-order valence-corrected chi connectivity index (χ3v) is 6.13. The lowest BCUT2D eigenvalue weighted by Gasteiger charge is -2.29. The molecular formula is C26H29N3O2. The number of rotatable bonds is 7. The molecule has 0 aliphatic carbocycles. The van der Waals surface area contributed by atoms with E-state index in [-0.39, 0.29) is 5.92 Å². The quantitative estimate of drug-likeness (QED) is 0.474. The van der Waals surface area contributed by atoms with Gasteiger partial charge in [-0.1, -0.05) is 41.6 Å². The average Bonchev–Trinajstić information content (AvgIpc) is 2.81. The molecule has 4 rings (SSSR count). The highest BCUT2D eigenvalue weighted by molar-refractivity contribution is 5.50. The van der Waals surface area contributed by atoms with Crippen molar-refractivity contribution in [3.8, 4) is 0 Å². The number of benzene rings is 2. The van der Waals surface area contributed by atoms with Gasteiger partial charge in [0.2, 0.25) is 0 Å². The smallest absolute Gasteiger partial charge is 0.118 e. The van der Waals surface area contributed by atoms with Crippen LogP contribution in [0.3, 0.4) is 0 Å². The minimum absolute atomic E-state index is 0.0797. The summed E-state index contributed by atoms with van der Waals surface area (Å²) in [7, 11) is 0. The second-order valence-corrected chi connectivity index (χ2v) is 8.19. The van der Waals surface area contributed by atoms with Crippen molar-refractivity contribution in [3.63, 3.8) is 0 Å². The summed E-state index contributed by atoms with van der Waals surface area (Å²) in [6.07, 6.45) is 2.37. The predicted octanol–water partition coefficient (Wildman–Crippen LogP) is 5.56. The molecule has 1 fully saturated rings. The summed E-state index contributed by atoms with van der Waals surface area (Å²) in [5, 5.41) is 3.51. The summed E-state index contributed by atoms with van der Waals surface area (Å²) in [6.45, 7) is 7.44. The highest BCUT2D eigenvalue weighted by Crippen LogP contribution is 2.37. The summed E-state index contributed by atoms with van der Waals surface area (Å²) in [5.74, 6) is 0.0797. The number of ether oxygens (including phenoxy) is 1. The lowest BCUT2D eigenvalue weighted by atomic mass is 9.82. The fourth-order valence-electron chi connectivity index (χ4n) is 4.40. The molecule has 0 spiro atoms. The zero-order valence-corrected chi connectivity index (χ0v) is 18.2. The number of pyridine rings is 1. The van der Waals surface area contributed by atoms with Crippen molar-refractivity contribution in [2.24, 2.45) is 5.18 Å². The molecule has 1 saturated heterocycles. The molecule has 2 atom stereocenters. The van der Waals surface area contributed by atoms with E-state index in [0.29, 0.717) is 6.42 Å². The van der Waals surface area contributed by atoms with Gasteiger partial charge in [-0.15, -0.1) is 0 Å². The number of morpholine rings is 1. The van der Waals surface area contributed by atoms with Crippen LogP contribution in [0.2, 0.25) is 0 Å². The molecule has 2 heterocycles. The highest BCUT2D eigenvalue weighted by Gasteiger charge is 2.24. The largest absolute Gasteiger partial charge is 0.378 e. The van der Waals surface area contributed by atoms with Crippen LogP contribution in [-0.4, -0.2) is 31.3 Å². The van der Waals surface area contributed by atoms with E-state index in [1.54, 1.807) is 6.20 Å². The van der Waals surface area contributed by atoms with Crippen molar-refractivity contribution in [3.05, 3.63) is 99.7 Å². The summed E-state index contributed by atoms with van der Waals surface area (Å²) in [4.78, 5) is 18.5. The molecule has 1 aliphatic rings. The molecule has 5 heteroatoms. The van der Waals surface area contributed by atoms with E-state index in [4.69, 9.17) is 4.74 Å². The van der Waals surface area contributed by atoms with Crippen molar-refractivity contribution in [2.45, 2.75) is 32.2 Å². The standard InChI is InChI=1S/C26H29N3O2/c1-19-5-3-4-6-24(19)25(18-26(28-30)22-11-12-27-20(2)17-22)21-7-9-23(10-8-21)29-13-15-31-16-14-29/h3-12,17,25-26H,13-16,18H2,1-2H3. The molecule has 31 heavy (non-hydrogen) atoms. The van der Waals surface area contributed by atoms with Gasteiger partial charge < -0.3 is 9.64 Å². The lowest BCUT2D eigenvalue weighted by molar-refractivity contribution is 0.122. The number of nitrogens with zero attached hydrogens (tertiary/aromatic N) is 3. The first kappa shape index (κ1) is 21.2. The maximum absolute atomic E-state index is 11.9. The Hall–Kier alpha value is -3.05. The second-order valence-electron chi connectivity index (χ2n) is 8.19. The van der Waals surface area contributed by atoms with Crippen LogP contribution in [0.15, 0.2) is 72.0 Å². The second kappa shape index (κ2) is 9.84. The average molecular weight is 416 g/mol. The van der Waals surface area contributed by atoms with E-state index >= 15 is 0 Å². The third kappa shape index (κ3) is 5.00. The molecule has 2 aromatic carbocycles. The van der Waals surface area contributed by atoms with Gasteiger partial charge in [-0.25, -0.2) is 0 Å². The molecule has 1 aromatic heterocycles. The van der Waals surface area contributed by atoms with E-state index in [0.717, 1.165) is 37.6 Å². The number of nitroso groups, excluding NO2 is 1. The first-order valence-electron chi connectivity index (χ1n) is 10.9. The first-order chi connectivity index (χ1) is 15.2. The van der Waals surface area contributed by atoms with E-state index in [2.05, 4.69) is 70.5 Å². The van der Waals surface area contributed by atoms with Crippen LogP contribution in [0.25, 0.3) is 0 Å². The molecule has 2 unspecified atom stereocenters.